The average molecular weight is 605 g/mol. The molecule has 4 aromatic heterocycles. The van der Waals surface area contributed by atoms with Gasteiger partial charge in [-0.1, -0.05) is 20.4 Å². The fraction of sp³-hybridized carbons (Fsp3) is 0.250. The maximum absolute atomic E-state index is 14.7. The van der Waals surface area contributed by atoms with E-state index in [0.717, 1.165) is 80.4 Å². The number of aromatic amines is 1. The van der Waals surface area contributed by atoms with Crippen molar-refractivity contribution in [1.29, 1.82) is 0 Å². The first-order valence-electron chi connectivity index (χ1n) is 14.8. The smallest absolute Gasteiger partial charge is 0.125 e. The van der Waals surface area contributed by atoms with E-state index in [0.29, 0.717) is 12.3 Å². The summed E-state index contributed by atoms with van der Waals surface area (Å²) in [4.78, 5) is 19.2. The Bertz CT molecular complexity index is 1790. The number of benzene rings is 1. The molecule has 0 saturated carbocycles. The van der Waals surface area contributed by atoms with Crippen molar-refractivity contribution in [2.75, 3.05) is 50.2 Å². The fourth-order valence-electron chi connectivity index (χ4n) is 4.91. The maximum Gasteiger partial charge on any atom is 0.125 e. The molecule has 0 aliphatic heterocycles. The Morgan fingerprint density at radius 1 is 0.956 bits per heavy atom. The van der Waals surface area contributed by atoms with Gasteiger partial charge < -0.3 is 25.8 Å². The molecule has 0 aliphatic rings. The van der Waals surface area contributed by atoms with Crippen LogP contribution in [0.2, 0.25) is 0 Å². The maximum atomic E-state index is 14.7. The molecule has 1 aromatic carbocycles. The van der Waals surface area contributed by atoms with Crippen LogP contribution in [0.1, 0.15) is 25.1 Å². The number of hydrogen-bond donors (Lipinski definition) is 4. The van der Waals surface area contributed by atoms with Gasteiger partial charge in [0.2, 0.25) is 0 Å². The monoisotopic (exact) mass is 604 g/mol. The van der Waals surface area contributed by atoms with Crippen LogP contribution in [0.5, 0.6) is 0 Å². The molecule has 0 aliphatic carbocycles. The van der Waals surface area contributed by atoms with E-state index in [4.69, 9.17) is 4.98 Å². The van der Waals surface area contributed by atoms with Gasteiger partial charge in [-0.05, 0) is 67.5 Å². The minimum atomic E-state index is -0.289. The third-order valence-electron chi connectivity index (χ3n) is 7.37. The van der Waals surface area contributed by atoms with Gasteiger partial charge in [-0.2, -0.15) is 0 Å². The van der Waals surface area contributed by atoms with Crippen molar-refractivity contribution in [2.24, 2.45) is 5.92 Å². The molecule has 5 rings (SSSR count). The number of terminal acetylenes is 1. The van der Waals surface area contributed by atoms with Gasteiger partial charge in [0.05, 0.1) is 41.2 Å². The highest BCUT2D eigenvalue weighted by Crippen LogP contribution is 2.32. The molecule has 5 aromatic rings. The molecule has 0 spiro atoms. The molecule has 0 fully saturated rings. The SMILES string of the molecule is C#C.C=C(Nc1cncc(-c2cc(Cc3cc4c(-c5cc(F)cc(NCCN(C)C)c5)cncc4[nH]3)c(NC)cn2)c1)C(C)C. The van der Waals surface area contributed by atoms with Crippen molar-refractivity contribution in [3.05, 3.63) is 96.7 Å². The summed E-state index contributed by atoms with van der Waals surface area (Å²) in [6.45, 7) is 9.88. The lowest BCUT2D eigenvalue weighted by molar-refractivity contribution is 0.425. The second kappa shape index (κ2) is 15.0. The van der Waals surface area contributed by atoms with Crippen LogP contribution >= 0.6 is 0 Å². The molecule has 0 amide bonds. The van der Waals surface area contributed by atoms with E-state index in [2.05, 4.69) is 81.2 Å². The molecule has 232 valence electrons. The second-order valence-corrected chi connectivity index (χ2v) is 11.3. The number of nitrogens with one attached hydrogen (secondary N) is 4. The normalized spacial score (nSPS) is 10.9. The van der Waals surface area contributed by atoms with E-state index in [1.54, 1.807) is 18.5 Å². The fourth-order valence-corrected chi connectivity index (χ4v) is 4.91. The highest BCUT2D eigenvalue weighted by atomic mass is 19.1. The summed E-state index contributed by atoms with van der Waals surface area (Å²) in [7, 11) is 5.92. The van der Waals surface area contributed by atoms with Gasteiger partial charge in [0.15, 0.2) is 0 Å². The zero-order valence-electron chi connectivity index (χ0n) is 26.6. The summed E-state index contributed by atoms with van der Waals surface area (Å²) in [5.74, 6) is 0.0194. The van der Waals surface area contributed by atoms with Crippen LogP contribution in [0, 0.1) is 24.6 Å². The number of halogens is 1. The van der Waals surface area contributed by atoms with Crippen LogP contribution in [0.3, 0.4) is 0 Å². The molecule has 4 N–H and O–H groups in total. The largest absolute Gasteiger partial charge is 0.387 e. The Morgan fingerprint density at radius 2 is 1.71 bits per heavy atom. The minimum absolute atomic E-state index is 0.289. The van der Waals surface area contributed by atoms with Crippen LogP contribution in [0.25, 0.3) is 33.3 Å². The zero-order valence-corrected chi connectivity index (χ0v) is 26.6. The van der Waals surface area contributed by atoms with E-state index in [1.807, 2.05) is 51.9 Å². The number of hydrogen-bond acceptors (Lipinski definition) is 7. The summed E-state index contributed by atoms with van der Waals surface area (Å²) in [5, 5.41) is 10.9. The van der Waals surface area contributed by atoms with E-state index in [-0.39, 0.29) is 5.82 Å². The molecular formula is C36H41FN8. The van der Waals surface area contributed by atoms with Gasteiger partial charge in [-0.15, -0.1) is 12.8 Å². The predicted octanol–water partition coefficient (Wildman–Crippen LogP) is 7.26. The number of rotatable bonds is 12. The van der Waals surface area contributed by atoms with Crippen molar-refractivity contribution in [3.63, 3.8) is 0 Å². The lowest BCUT2D eigenvalue weighted by atomic mass is 10.0. The Morgan fingerprint density at radius 3 is 2.44 bits per heavy atom. The van der Waals surface area contributed by atoms with Crippen LogP contribution in [0.15, 0.2) is 79.7 Å². The Labute approximate surface area is 265 Å². The zero-order chi connectivity index (χ0) is 32.5. The third-order valence-corrected chi connectivity index (χ3v) is 7.37. The average Bonchev–Trinajstić information content (AvgIpc) is 3.44. The van der Waals surface area contributed by atoms with Gasteiger partial charge in [0.1, 0.15) is 5.82 Å². The number of pyridine rings is 3. The number of fused-ring (bicyclic) bond motifs is 1. The molecule has 8 nitrogen and oxygen atoms in total. The van der Waals surface area contributed by atoms with Crippen LogP contribution in [-0.2, 0) is 6.42 Å². The lowest BCUT2D eigenvalue weighted by Crippen LogP contribution is -2.20. The quantitative estimate of drug-likeness (QED) is 0.111. The molecule has 4 heterocycles. The first-order valence-corrected chi connectivity index (χ1v) is 14.8. The topological polar surface area (TPSA) is 93.8 Å². The first kappa shape index (κ1) is 32.7. The van der Waals surface area contributed by atoms with Crippen molar-refractivity contribution in [1.82, 2.24) is 24.8 Å². The van der Waals surface area contributed by atoms with Crippen molar-refractivity contribution in [2.45, 2.75) is 20.3 Å². The summed E-state index contributed by atoms with van der Waals surface area (Å²) < 4.78 is 14.7. The van der Waals surface area contributed by atoms with Crippen molar-refractivity contribution in [3.8, 4) is 35.2 Å². The van der Waals surface area contributed by atoms with Crippen LogP contribution < -0.4 is 16.0 Å². The lowest BCUT2D eigenvalue weighted by Gasteiger charge is -2.14. The van der Waals surface area contributed by atoms with E-state index < -0.39 is 0 Å². The van der Waals surface area contributed by atoms with Crippen LogP contribution in [0.4, 0.5) is 21.5 Å². The summed E-state index contributed by atoms with van der Waals surface area (Å²) in [6, 6.07) is 11.3. The van der Waals surface area contributed by atoms with E-state index in [1.165, 1.54) is 6.07 Å². The van der Waals surface area contributed by atoms with Gasteiger partial charge in [-0.25, -0.2) is 4.39 Å². The van der Waals surface area contributed by atoms with E-state index in [9.17, 15) is 4.39 Å². The summed E-state index contributed by atoms with van der Waals surface area (Å²) in [6.07, 6.45) is 17.7. The standard InChI is InChI=1S/C34H39FN8.C2H2/c1-21(2)22(3)41-29-12-25(16-37-17-29)32-13-24(33(36-4)20-40-32)11-28-15-30-31(18-38-19-34(30)42-28)23-9-26(35)14-27(10-23)39-7-8-43(5)6;1-2/h9-10,12-21,36,39,41-42H,3,7-8,11H2,1-2,4-6H3;1-2H. The first-order chi connectivity index (χ1) is 21.7. The van der Waals surface area contributed by atoms with Gasteiger partial charge in [0.25, 0.3) is 0 Å². The summed E-state index contributed by atoms with van der Waals surface area (Å²) in [5.41, 5.74) is 9.87. The Kier molecular flexibility index (Phi) is 10.9. The molecule has 45 heavy (non-hydrogen) atoms. The highest BCUT2D eigenvalue weighted by molar-refractivity contribution is 5.95. The number of allylic oxidation sites excluding steroid dienone is 1. The van der Waals surface area contributed by atoms with Crippen molar-refractivity contribution < 1.29 is 4.39 Å². The molecule has 0 atom stereocenters. The second-order valence-electron chi connectivity index (χ2n) is 11.3. The molecule has 0 unspecified atom stereocenters. The molecule has 0 saturated heterocycles. The molecular weight excluding hydrogens is 563 g/mol. The molecule has 9 heteroatoms. The molecule has 0 bridgehead atoms. The number of anilines is 3. The number of nitrogens with zero attached hydrogens (tertiary/aromatic N) is 4. The van der Waals surface area contributed by atoms with E-state index >= 15 is 0 Å². The summed E-state index contributed by atoms with van der Waals surface area (Å²) >= 11 is 0. The number of H-pyrrole nitrogens is 1. The third kappa shape index (κ3) is 8.25. The van der Waals surface area contributed by atoms with Crippen molar-refractivity contribution >= 4 is 28.0 Å². The van der Waals surface area contributed by atoms with Gasteiger partial charge in [0, 0.05) is 72.5 Å². The number of likely N-dealkylation sites (N-methyl/N-ethyl adjacent to an activating group) is 1. The predicted molar refractivity (Wildman–Crippen MR) is 186 cm³/mol. The van der Waals surface area contributed by atoms with Gasteiger partial charge in [-0.3, -0.25) is 15.0 Å². The number of aromatic nitrogens is 4. The minimum Gasteiger partial charge on any atom is -0.387 e. The van der Waals surface area contributed by atoms with Crippen LogP contribution in [-0.4, -0.2) is 59.1 Å². The Hall–Kier alpha value is -5.20. The highest BCUT2D eigenvalue weighted by Gasteiger charge is 2.14. The Balaban J connectivity index is 0.00000226. The van der Waals surface area contributed by atoms with Gasteiger partial charge >= 0.3 is 0 Å². The molecule has 0 radical (unpaired) electrons.